The topological polar surface area (TPSA) is 72.5 Å². The van der Waals surface area contributed by atoms with Crippen molar-refractivity contribution in [2.45, 2.75) is 31.2 Å². The molecule has 1 N–H and O–H groups in total. The highest BCUT2D eigenvalue weighted by atomic mass is 32.2. The highest BCUT2D eigenvalue weighted by Crippen LogP contribution is 2.18. The third kappa shape index (κ3) is 3.54. The first-order valence-corrected chi connectivity index (χ1v) is 6.87. The Morgan fingerprint density at radius 3 is 2.28 bits per heavy atom. The van der Waals surface area contributed by atoms with E-state index in [-0.39, 0.29) is 10.5 Å². The smallest absolute Gasteiger partial charge is 0.339 e. The van der Waals surface area contributed by atoms with Crippen LogP contribution in [0, 0.1) is 0 Å². The number of carbonyl (C=O) groups excluding carboxylic acids is 1. The first-order valence-electron chi connectivity index (χ1n) is 5.39. The molecule has 1 aromatic carbocycles. The van der Waals surface area contributed by atoms with E-state index < -0.39 is 21.5 Å². The van der Waals surface area contributed by atoms with Crippen LogP contribution in [0.2, 0.25) is 0 Å². The summed E-state index contributed by atoms with van der Waals surface area (Å²) in [6, 6.07) is 5.94. The number of hydrogen-bond donors (Lipinski definition) is 1. The molecule has 0 saturated heterocycles. The molecule has 0 radical (unpaired) electrons. The fourth-order valence-electron chi connectivity index (χ4n) is 1.44. The average molecular weight is 271 g/mol. The van der Waals surface area contributed by atoms with Crippen molar-refractivity contribution >= 4 is 16.0 Å². The van der Waals surface area contributed by atoms with Crippen molar-refractivity contribution in [3.8, 4) is 0 Å². The number of esters is 1. The number of rotatable bonds is 3. The molecule has 0 bridgehead atoms. The van der Waals surface area contributed by atoms with Crippen LogP contribution in [-0.2, 0) is 14.8 Å². The maximum atomic E-state index is 12.2. The third-order valence-electron chi connectivity index (χ3n) is 2.02. The van der Waals surface area contributed by atoms with Crippen molar-refractivity contribution in [3.63, 3.8) is 0 Å². The maximum Gasteiger partial charge on any atom is 0.339 e. The SMILES string of the molecule is COC(=O)c1ccccc1S(=O)(=O)NC(C)(C)C. The molecular weight excluding hydrogens is 254 g/mol. The van der Waals surface area contributed by atoms with Gasteiger partial charge in [-0.1, -0.05) is 12.1 Å². The number of hydrogen-bond acceptors (Lipinski definition) is 4. The van der Waals surface area contributed by atoms with Gasteiger partial charge in [0, 0.05) is 5.54 Å². The molecule has 1 rings (SSSR count). The van der Waals surface area contributed by atoms with Gasteiger partial charge in [-0.3, -0.25) is 0 Å². The number of benzene rings is 1. The molecule has 0 fully saturated rings. The van der Waals surface area contributed by atoms with E-state index in [0.29, 0.717) is 0 Å². The van der Waals surface area contributed by atoms with Crippen molar-refractivity contribution in [3.05, 3.63) is 29.8 Å². The zero-order valence-corrected chi connectivity index (χ0v) is 11.7. The molecule has 0 amide bonds. The number of ether oxygens (including phenoxy) is 1. The van der Waals surface area contributed by atoms with Crippen LogP contribution >= 0.6 is 0 Å². The zero-order valence-electron chi connectivity index (χ0n) is 10.9. The van der Waals surface area contributed by atoms with Gasteiger partial charge >= 0.3 is 5.97 Å². The van der Waals surface area contributed by atoms with Gasteiger partial charge < -0.3 is 4.74 Å². The number of nitrogens with one attached hydrogen (secondary N) is 1. The molecule has 0 unspecified atom stereocenters. The molecule has 18 heavy (non-hydrogen) atoms. The van der Waals surface area contributed by atoms with Gasteiger partial charge in [0.15, 0.2) is 0 Å². The number of sulfonamides is 1. The van der Waals surface area contributed by atoms with E-state index in [4.69, 9.17) is 0 Å². The van der Waals surface area contributed by atoms with E-state index in [1.165, 1.54) is 19.2 Å². The van der Waals surface area contributed by atoms with Crippen molar-refractivity contribution in [1.82, 2.24) is 4.72 Å². The summed E-state index contributed by atoms with van der Waals surface area (Å²) in [5.74, 6) is -0.676. The summed E-state index contributed by atoms with van der Waals surface area (Å²) in [6.07, 6.45) is 0. The van der Waals surface area contributed by atoms with E-state index in [1.807, 2.05) is 0 Å². The van der Waals surface area contributed by atoms with Gasteiger partial charge in [-0.15, -0.1) is 0 Å². The Bertz CT molecular complexity index is 543. The second kappa shape index (κ2) is 5.07. The second-order valence-electron chi connectivity index (χ2n) is 4.84. The molecule has 1 aromatic rings. The van der Waals surface area contributed by atoms with E-state index in [1.54, 1.807) is 32.9 Å². The third-order valence-corrected chi connectivity index (χ3v) is 3.84. The minimum atomic E-state index is -3.75. The Morgan fingerprint density at radius 2 is 1.78 bits per heavy atom. The standard InChI is InChI=1S/C12H17NO4S/c1-12(2,3)13-18(15,16)10-8-6-5-7-9(10)11(14)17-4/h5-8,13H,1-4H3. The molecule has 6 heteroatoms. The van der Waals surface area contributed by atoms with Crippen LogP contribution in [0.1, 0.15) is 31.1 Å². The first-order chi connectivity index (χ1) is 8.17. The molecule has 5 nitrogen and oxygen atoms in total. The largest absolute Gasteiger partial charge is 0.465 e. The van der Waals surface area contributed by atoms with Crippen LogP contribution < -0.4 is 4.72 Å². The first kappa shape index (κ1) is 14.7. The Balaban J connectivity index is 3.29. The van der Waals surface area contributed by atoms with Crippen LogP contribution in [0.3, 0.4) is 0 Å². The molecule has 0 spiro atoms. The van der Waals surface area contributed by atoms with Gasteiger partial charge in [-0.25, -0.2) is 17.9 Å². The van der Waals surface area contributed by atoms with E-state index in [9.17, 15) is 13.2 Å². The van der Waals surface area contributed by atoms with Crippen LogP contribution in [-0.4, -0.2) is 27.0 Å². The van der Waals surface area contributed by atoms with E-state index in [0.717, 1.165) is 0 Å². The predicted molar refractivity (Wildman–Crippen MR) is 67.9 cm³/mol. The Hall–Kier alpha value is -1.40. The lowest BCUT2D eigenvalue weighted by atomic mass is 10.1. The lowest BCUT2D eigenvalue weighted by molar-refractivity contribution is 0.0596. The van der Waals surface area contributed by atoms with E-state index in [2.05, 4.69) is 9.46 Å². The van der Waals surface area contributed by atoms with E-state index >= 15 is 0 Å². The molecular formula is C12H17NO4S. The average Bonchev–Trinajstić information content (AvgIpc) is 2.25. The molecule has 0 saturated carbocycles. The van der Waals surface area contributed by atoms with Gasteiger partial charge in [-0.2, -0.15) is 0 Å². The Morgan fingerprint density at radius 1 is 1.22 bits per heavy atom. The van der Waals surface area contributed by atoms with Crippen LogP contribution in [0.5, 0.6) is 0 Å². The van der Waals surface area contributed by atoms with Crippen molar-refractivity contribution in [2.24, 2.45) is 0 Å². The summed E-state index contributed by atoms with van der Waals surface area (Å²) in [6.45, 7) is 5.18. The fraction of sp³-hybridized carbons (Fsp3) is 0.417. The van der Waals surface area contributed by atoms with Crippen molar-refractivity contribution in [2.75, 3.05) is 7.11 Å². The van der Waals surface area contributed by atoms with Crippen molar-refractivity contribution < 1.29 is 17.9 Å². The van der Waals surface area contributed by atoms with Gasteiger partial charge in [0.25, 0.3) is 0 Å². The highest BCUT2D eigenvalue weighted by molar-refractivity contribution is 7.89. The minimum Gasteiger partial charge on any atom is -0.465 e. The number of carbonyl (C=O) groups is 1. The highest BCUT2D eigenvalue weighted by Gasteiger charge is 2.26. The Labute approximate surface area is 107 Å². The summed E-state index contributed by atoms with van der Waals surface area (Å²) in [5, 5.41) is 0. The Kier molecular flexibility index (Phi) is 4.13. The normalized spacial score (nSPS) is 12.2. The molecule has 0 aliphatic rings. The monoisotopic (exact) mass is 271 g/mol. The summed E-state index contributed by atoms with van der Waals surface area (Å²) in [4.78, 5) is 11.5. The lowest BCUT2D eigenvalue weighted by Crippen LogP contribution is -2.41. The predicted octanol–water partition coefficient (Wildman–Crippen LogP) is 1.55. The summed E-state index contributed by atoms with van der Waals surface area (Å²) < 4.78 is 31.4. The molecule has 0 aliphatic carbocycles. The molecule has 0 aliphatic heterocycles. The van der Waals surface area contributed by atoms with Crippen molar-refractivity contribution in [1.29, 1.82) is 0 Å². The number of methoxy groups -OCH3 is 1. The molecule has 100 valence electrons. The minimum absolute atomic E-state index is 0.0248. The maximum absolute atomic E-state index is 12.2. The second-order valence-corrected chi connectivity index (χ2v) is 6.49. The van der Waals surface area contributed by atoms with Gasteiger partial charge in [-0.05, 0) is 32.9 Å². The zero-order chi connectivity index (χ0) is 14.0. The molecule has 0 aromatic heterocycles. The van der Waals surface area contributed by atoms with Crippen LogP contribution in [0.25, 0.3) is 0 Å². The fourth-order valence-corrected chi connectivity index (χ4v) is 3.05. The van der Waals surface area contributed by atoms with Gasteiger partial charge in [0.05, 0.1) is 17.6 Å². The summed E-state index contributed by atoms with van der Waals surface area (Å²) >= 11 is 0. The summed E-state index contributed by atoms with van der Waals surface area (Å²) in [7, 11) is -2.54. The van der Waals surface area contributed by atoms with Crippen LogP contribution in [0.4, 0.5) is 0 Å². The lowest BCUT2D eigenvalue weighted by Gasteiger charge is -2.21. The quantitative estimate of drug-likeness (QED) is 0.847. The summed E-state index contributed by atoms with van der Waals surface area (Å²) in [5.41, 5.74) is -0.598. The molecule has 0 heterocycles. The van der Waals surface area contributed by atoms with Crippen LogP contribution in [0.15, 0.2) is 29.2 Å². The van der Waals surface area contributed by atoms with Gasteiger partial charge in [0.2, 0.25) is 10.0 Å². The molecule has 0 atom stereocenters. The van der Waals surface area contributed by atoms with Gasteiger partial charge in [0.1, 0.15) is 0 Å².